The molecule has 0 unspecified atom stereocenters. The molecular formula is C11H9NS2. The summed E-state index contributed by atoms with van der Waals surface area (Å²) in [6.45, 7) is 2.13. The predicted octanol–water partition coefficient (Wildman–Crippen LogP) is 3.62. The Labute approximate surface area is 92.4 Å². The van der Waals surface area contributed by atoms with E-state index in [-0.39, 0.29) is 0 Å². The Bertz CT molecular complexity index is 520. The first kappa shape index (κ1) is 9.57. The Kier molecular flexibility index (Phi) is 2.49. The van der Waals surface area contributed by atoms with Gasteiger partial charge in [-0.25, -0.2) is 0 Å². The van der Waals surface area contributed by atoms with Gasteiger partial charge in [0.1, 0.15) is 0 Å². The van der Waals surface area contributed by atoms with Crippen molar-refractivity contribution in [3.63, 3.8) is 0 Å². The summed E-state index contributed by atoms with van der Waals surface area (Å²) in [5.41, 5.74) is 2.01. The second-order valence-corrected chi connectivity index (χ2v) is 4.49. The van der Waals surface area contributed by atoms with E-state index in [9.17, 15) is 0 Å². The number of nitriles is 1. The molecule has 3 heteroatoms. The number of hydrogen-bond acceptors (Lipinski definition) is 3. The summed E-state index contributed by atoms with van der Waals surface area (Å²) < 4.78 is 1.16. The maximum atomic E-state index is 8.81. The van der Waals surface area contributed by atoms with Crippen molar-refractivity contribution >= 4 is 34.1 Å². The van der Waals surface area contributed by atoms with Crippen LogP contribution >= 0.6 is 24.0 Å². The van der Waals surface area contributed by atoms with Gasteiger partial charge in [-0.15, -0.1) is 24.0 Å². The van der Waals surface area contributed by atoms with Gasteiger partial charge in [0, 0.05) is 15.0 Å². The maximum Gasteiger partial charge on any atom is 0.0992 e. The summed E-state index contributed by atoms with van der Waals surface area (Å²) in [6.07, 6.45) is 1.01. The minimum atomic E-state index is 0.687. The zero-order valence-corrected chi connectivity index (χ0v) is 9.45. The van der Waals surface area contributed by atoms with Gasteiger partial charge in [-0.2, -0.15) is 5.26 Å². The van der Waals surface area contributed by atoms with E-state index >= 15 is 0 Å². The van der Waals surface area contributed by atoms with Crippen LogP contribution in [-0.4, -0.2) is 0 Å². The number of fused-ring (bicyclic) bond motifs is 1. The van der Waals surface area contributed by atoms with Crippen molar-refractivity contribution in [2.45, 2.75) is 18.2 Å². The van der Waals surface area contributed by atoms with Gasteiger partial charge in [0.25, 0.3) is 0 Å². The van der Waals surface area contributed by atoms with Gasteiger partial charge in [-0.3, -0.25) is 0 Å². The van der Waals surface area contributed by atoms with Crippen LogP contribution in [-0.2, 0) is 6.42 Å². The molecule has 1 aromatic carbocycles. The molecule has 0 aliphatic rings. The topological polar surface area (TPSA) is 23.8 Å². The van der Waals surface area contributed by atoms with E-state index in [2.05, 4.69) is 31.0 Å². The molecule has 0 saturated heterocycles. The molecule has 2 aromatic rings. The van der Waals surface area contributed by atoms with Crippen LogP contribution < -0.4 is 0 Å². The van der Waals surface area contributed by atoms with Crippen molar-refractivity contribution in [3.05, 3.63) is 28.6 Å². The summed E-state index contributed by atoms with van der Waals surface area (Å²) in [5, 5.41) is 12.2. The SMILES string of the molecule is CCc1csc2cc(C#N)cc(S)c12. The molecule has 0 N–H and O–H groups in total. The lowest BCUT2D eigenvalue weighted by Crippen LogP contribution is -1.80. The standard InChI is InChI=1S/C11H9NS2/c1-2-8-6-14-10-4-7(5-12)3-9(13)11(8)10/h3-4,6,13H,2H2,1H3. The second-order valence-electron chi connectivity index (χ2n) is 3.09. The minimum Gasteiger partial charge on any atom is -0.192 e. The number of thiophene rings is 1. The van der Waals surface area contributed by atoms with Crippen molar-refractivity contribution in [2.24, 2.45) is 0 Å². The number of rotatable bonds is 1. The number of thiol groups is 1. The Morgan fingerprint density at radius 2 is 2.29 bits per heavy atom. The van der Waals surface area contributed by atoms with E-state index in [1.165, 1.54) is 10.9 Å². The smallest absolute Gasteiger partial charge is 0.0992 e. The first-order chi connectivity index (χ1) is 6.76. The quantitative estimate of drug-likeness (QED) is 0.728. The molecule has 0 amide bonds. The van der Waals surface area contributed by atoms with Crippen molar-refractivity contribution in [1.29, 1.82) is 5.26 Å². The van der Waals surface area contributed by atoms with Gasteiger partial charge in [-0.1, -0.05) is 6.92 Å². The summed E-state index contributed by atoms with van der Waals surface area (Å²) >= 11 is 6.10. The highest BCUT2D eigenvalue weighted by Crippen LogP contribution is 2.32. The van der Waals surface area contributed by atoms with Crippen LogP contribution in [0.25, 0.3) is 10.1 Å². The third-order valence-corrected chi connectivity index (χ3v) is 3.57. The molecule has 0 aliphatic carbocycles. The zero-order valence-electron chi connectivity index (χ0n) is 7.74. The van der Waals surface area contributed by atoms with Crippen molar-refractivity contribution < 1.29 is 0 Å². The van der Waals surface area contributed by atoms with Gasteiger partial charge < -0.3 is 0 Å². The van der Waals surface area contributed by atoms with E-state index in [1.807, 2.05) is 12.1 Å². The van der Waals surface area contributed by atoms with Crippen LogP contribution in [0.1, 0.15) is 18.1 Å². The summed E-state index contributed by atoms with van der Waals surface area (Å²) in [6, 6.07) is 5.91. The third-order valence-electron chi connectivity index (χ3n) is 2.24. The van der Waals surface area contributed by atoms with Gasteiger partial charge in [0.15, 0.2) is 0 Å². The van der Waals surface area contributed by atoms with Gasteiger partial charge in [-0.05, 0) is 29.5 Å². The van der Waals surface area contributed by atoms with E-state index in [0.717, 1.165) is 16.0 Å². The van der Waals surface area contributed by atoms with Crippen LogP contribution in [0.4, 0.5) is 0 Å². The van der Waals surface area contributed by atoms with Crippen LogP contribution in [0.5, 0.6) is 0 Å². The molecule has 2 rings (SSSR count). The van der Waals surface area contributed by atoms with Gasteiger partial charge in [0.05, 0.1) is 11.6 Å². The fraction of sp³-hybridized carbons (Fsp3) is 0.182. The van der Waals surface area contributed by atoms with Gasteiger partial charge in [0.2, 0.25) is 0 Å². The zero-order chi connectivity index (χ0) is 10.1. The van der Waals surface area contributed by atoms with Crippen molar-refractivity contribution in [3.8, 4) is 6.07 Å². The highest BCUT2D eigenvalue weighted by Gasteiger charge is 2.07. The number of hydrogen-bond donors (Lipinski definition) is 1. The van der Waals surface area contributed by atoms with Crippen LogP contribution in [0.2, 0.25) is 0 Å². The lowest BCUT2D eigenvalue weighted by atomic mass is 10.1. The molecule has 0 fully saturated rings. The fourth-order valence-corrected chi connectivity index (χ4v) is 3.12. The van der Waals surface area contributed by atoms with E-state index < -0.39 is 0 Å². The van der Waals surface area contributed by atoms with E-state index in [1.54, 1.807) is 11.3 Å². The molecule has 14 heavy (non-hydrogen) atoms. The molecule has 0 saturated carbocycles. The second kappa shape index (κ2) is 3.64. The third kappa shape index (κ3) is 1.41. The highest BCUT2D eigenvalue weighted by atomic mass is 32.1. The van der Waals surface area contributed by atoms with Crippen molar-refractivity contribution in [2.75, 3.05) is 0 Å². The van der Waals surface area contributed by atoms with Crippen LogP contribution in [0.3, 0.4) is 0 Å². The molecule has 1 nitrogen and oxygen atoms in total. The summed E-state index contributed by atoms with van der Waals surface area (Å²) in [7, 11) is 0. The van der Waals surface area contributed by atoms with E-state index in [4.69, 9.17) is 5.26 Å². The first-order valence-corrected chi connectivity index (χ1v) is 5.72. The summed E-state index contributed by atoms with van der Waals surface area (Å²) in [4.78, 5) is 0.914. The Balaban J connectivity index is 2.80. The largest absolute Gasteiger partial charge is 0.192 e. The average Bonchev–Trinajstić information content (AvgIpc) is 2.61. The monoisotopic (exact) mass is 219 g/mol. The molecule has 0 radical (unpaired) electrons. The molecular weight excluding hydrogens is 210 g/mol. The molecule has 1 heterocycles. The van der Waals surface area contributed by atoms with Crippen LogP contribution in [0, 0.1) is 11.3 Å². The molecule has 0 bridgehead atoms. The van der Waals surface area contributed by atoms with Crippen molar-refractivity contribution in [1.82, 2.24) is 0 Å². The average molecular weight is 219 g/mol. The Morgan fingerprint density at radius 1 is 1.50 bits per heavy atom. The van der Waals surface area contributed by atoms with Gasteiger partial charge >= 0.3 is 0 Å². The minimum absolute atomic E-state index is 0.687. The lowest BCUT2D eigenvalue weighted by molar-refractivity contribution is 1.16. The fourth-order valence-electron chi connectivity index (χ4n) is 1.53. The van der Waals surface area contributed by atoms with Crippen LogP contribution in [0.15, 0.2) is 22.4 Å². The Morgan fingerprint density at radius 3 is 2.93 bits per heavy atom. The molecule has 0 spiro atoms. The number of nitrogens with zero attached hydrogens (tertiary/aromatic N) is 1. The Hall–Kier alpha value is -0.980. The molecule has 0 aliphatic heterocycles. The summed E-state index contributed by atoms with van der Waals surface area (Å²) in [5.74, 6) is 0. The molecule has 70 valence electrons. The lowest BCUT2D eigenvalue weighted by Gasteiger charge is -1.99. The molecule has 0 atom stereocenters. The van der Waals surface area contributed by atoms with E-state index in [0.29, 0.717) is 5.56 Å². The first-order valence-electron chi connectivity index (χ1n) is 4.39. The normalized spacial score (nSPS) is 10.4. The predicted molar refractivity (Wildman–Crippen MR) is 63.2 cm³/mol. The number of benzene rings is 1. The highest BCUT2D eigenvalue weighted by molar-refractivity contribution is 7.80. The maximum absolute atomic E-state index is 8.81. The number of aryl methyl sites for hydroxylation is 1. The molecule has 1 aromatic heterocycles.